The third kappa shape index (κ3) is 7.08. The molecule has 0 N–H and O–H groups in total. The van der Waals surface area contributed by atoms with Crippen molar-refractivity contribution in [3.05, 3.63) is 316 Å². The predicted octanol–water partition coefficient (Wildman–Crippen LogP) is 9.10. The van der Waals surface area contributed by atoms with Crippen molar-refractivity contribution in [3.63, 3.8) is 0 Å². The first kappa shape index (κ1) is 46.3. The molecule has 0 fully saturated rings. The minimum absolute atomic E-state index is 0.982. The summed E-state index contributed by atoms with van der Waals surface area (Å²) in [6.07, 6.45) is 3.94. The van der Waals surface area contributed by atoms with E-state index in [9.17, 15) is 0 Å². The van der Waals surface area contributed by atoms with Crippen LogP contribution in [0.4, 0.5) is 0 Å². The first-order valence-corrected chi connectivity index (χ1v) is 32.4. The summed E-state index contributed by atoms with van der Waals surface area (Å²) in [4.78, 5) is 10.8. The second kappa shape index (κ2) is 19.2. The Hall–Kier alpha value is -9.25. The zero-order chi connectivity index (χ0) is 51.2. The highest BCUT2D eigenvalue weighted by atomic mass is 28.3. The van der Waals surface area contributed by atoms with E-state index in [0.717, 1.165) is 43.9 Å². The van der Waals surface area contributed by atoms with Crippen LogP contribution in [0.3, 0.4) is 0 Å². The minimum atomic E-state index is -3.59. The van der Waals surface area contributed by atoms with Gasteiger partial charge in [-0.15, -0.1) is 0 Å². The Bertz CT molecular complexity index is 3890. The number of fused-ring (bicyclic) bond motifs is 6. The quantitative estimate of drug-likeness (QED) is 0.0906. The zero-order valence-corrected chi connectivity index (χ0v) is 45.3. The van der Waals surface area contributed by atoms with E-state index in [0.29, 0.717) is 0 Å². The average molecular weight is 1030 g/mol. The average Bonchev–Trinajstić information content (AvgIpc) is 4.27. The number of hydrogen-bond acceptors (Lipinski definition) is 2. The van der Waals surface area contributed by atoms with E-state index in [1.165, 1.54) is 51.9 Å². The van der Waals surface area contributed by atoms with E-state index in [1.807, 2.05) is 12.4 Å². The predicted molar refractivity (Wildman–Crippen MR) is 330 cm³/mol. The lowest BCUT2D eigenvalue weighted by atomic mass is 10.2. The van der Waals surface area contributed by atoms with E-state index >= 15 is 0 Å². The van der Waals surface area contributed by atoms with Crippen LogP contribution in [0.15, 0.2) is 316 Å². The molecule has 7 heteroatoms. The number of aromatic nitrogens is 4. The van der Waals surface area contributed by atoms with E-state index in [-0.39, 0.29) is 0 Å². The summed E-state index contributed by atoms with van der Waals surface area (Å²) in [6.45, 7) is 0. The Morgan fingerprint density at radius 3 is 0.753 bits per heavy atom. The first-order chi connectivity index (χ1) is 38.2. The monoisotopic (exact) mass is 1030 g/mol. The molecule has 4 aromatic heterocycles. The molecule has 0 saturated heterocycles. The molecule has 77 heavy (non-hydrogen) atoms. The molecule has 4 nitrogen and oxygen atoms in total. The van der Waals surface area contributed by atoms with Crippen molar-refractivity contribution >= 4 is 120 Å². The molecule has 0 atom stereocenters. The summed E-state index contributed by atoms with van der Waals surface area (Å²) in [5, 5.41) is 15.4. The molecule has 0 spiro atoms. The van der Waals surface area contributed by atoms with Gasteiger partial charge in [0.05, 0.1) is 22.1 Å². The maximum atomic E-state index is 5.40. The van der Waals surface area contributed by atoms with Crippen LogP contribution in [0.5, 0.6) is 0 Å². The van der Waals surface area contributed by atoms with Crippen LogP contribution < -0.4 is 51.9 Å². The molecule has 0 unspecified atom stereocenters. The van der Waals surface area contributed by atoms with Crippen molar-refractivity contribution in [1.29, 1.82) is 0 Å². The lowest BCUT2D eigenvalue weighted by Gasteiger charge is -2.38. The van der Waals surface area contributed by atoms with Crippen molar-refractivity contribution in [1.82, 2.24) is 18.4 Å². The number of benzene rings is 10. The fourth-order valence-corrected chi connectivity index (χ4v) is 27.7. The second-order valence-corrected chi connectivity index (χ2v) is 31.0. The molecule has 0 bridgehead atoms. The Balaban J connectivity index is 1.12. The van der Waals surface area contributed by atoms with Gasteiger partial charge in [0.25, 0.3) is 0 Å². The molecule has 0 radical (unpaired) electrons. The molecule has 4 heterocycles. The highest BCUT2D eigenvalue weighted by Crippen LogP contribution is 2.37. The molecule has 0 saturated carbocycles. The summed E-state index contributed by atoms with van der Waals surface area (Å²) in [7, 11) is -9.44. The van der Waals surface area contributed by atoms with Crippen molar-refractivity contribution < 1.29 is 0 Å². The summed E-state index contributed by atoms with van der Waals surface area (Å²) < 4.78 is 5.46. The van der Waals surface area contributed by atoms with Crippen LogP contribution in [0.2, 0.25) is 0 Å². The molecule has 0 amide bonds. The van der Waals surface area contributed by atoms with Crippen LogP contribution in [0.1, 0.15) is 0 Å². The van der Waals surface area contributed by atoms with Gasteiger partial charge in [0.15, 0.2) is 16.1 Å². The number of pyridine rings is 2. The molecule has 0 aliphatic carbocycles. The molecular formula is C70H52N4Si3. The van der Waals surface area contributed by atoms with Gasteiger partial charge in [-0.2, -0.15) is 0 Å². The van der Waals surface area contributed by atoms with Crippen LogP contribution >= 0.6 is 0 Å². The number of hydrogen-bond donors (Lipinski definition) is 0. The molecular weight excluding hydrogens is 981 g/mol. The zero-order valence-electron chi connectivity index (χ0n) is 42.3. The fourth-order valence-electron chi connectivity index (χ4n) is 13.1. The summed E-state index contributed by atoms with van der Waals surface area (Å²) in [5.74, 6) is 0. The van der Waals surface area contributed by atoms with Crippen LogP contribution in [0.25, 0.3) is 43.9 Å². The highest BCUT2D eigenvalue weighted by molar-refractivity contribution is 7.20. The van der Waals surface area contributed by atoms with Crippen molar-refractivity contribution in [2.24, 2.45) is 0 Å². The van der Waals surface area contributed by atoms with Gasteiger partial charge in [0, 0.05) is 34.2 Å². The fraction of sp³-hybridized carbons (Fsp3) is 0. The molecule has 14 aromatic rings. The van der Waals surface area contributed by atoms with Crippen LogP contribution in [-0.2, 0) is 0 Å². The van der Waals surface area contributed by atoms with E-state index in [4.69, 9.17) is 9.97 Å². The Morgan fingerprint density at radius 1 is 0.221 bits per heavy atom. The van der Waals surface area contributed by atoms with Gasteiger partial charge in [-0.3, -0.25) is 9.97 Å². The second-order valence-electron chi connectivity index (χ2n) is 20.0. The summed E-state index contributed by atoms with van der Waals surface area (Å²) in [6, 6.07) is 114. The van der Waals surface area contributed by atoms with Gasteiger partial charge in [-0.25, -0.2) is 0 Å². The molecule has 14 rings (SSSR count). The van der Waals surface area contributed by atoms with Gasteiger partial charge < -0.3 is 8.47 Å². The molecule has 10 aromatic carbocycles. The third-order valence-electron chi connectivity index (χ3n) is 16.1. The van der Waals surface area contributed by atoms with Crippen molar-refractivity contribution in [2.75, 3.05) is 0 Å². The number of nitrogens with zero attached hydrogens (tertiary/aromatic N) is 4. The van der Waals surface area contributed by atoms with Crippen LogP contribution in [0, 0.1) is 0 Å². The van der Waals surface area contributed by atoms with Crippen molar-refractivity contribution in [2.45, 2.75) is 0 Å². The van der Waals surface area contributed by atoms with Gasteiger partial charge in [-0.1, -0.05) is 267 Å². The Labute approximate surface area is 451 Å². The van der Waals surface area contributed by atoms with E-state index in [1.54, 1.807) is 0 Å². The lowest BCUT2D eigenvalue weighted by molar-refractivity contribution is 1.15. The SMILES string of the molecule is c1ccc([Si](c2ccccc2)(c2ccccc2)c2ccc3c(c2)c2ncccc2n3[Si](c2ccccc2)(c2ccccc2)n2c3ccc([Si](c4ccccc4)(c4ccccc4)c4ccccc4)cc3c3ncccc32)cc1. The Kier molecular flexibility index (Phi) is 11.5. The Morgan fingerprint density at radius 2 is 0.481 bits per heavy atom. The topological polar surface area (TPSA) is 35.6 Å². The van der Waals surface area contributed by atoms with E-state index < -0.39 is 24.5 Å². The standard InChI is InChI=1S/C70H52N4Si3/c1-9-27-53(28-10-1)75(54-29-11-2-12-30-54,55-31-13-3-14-32-55)61-45-47-65-63(51-61)69-67(43-25-49-71-69)73(65)77(59-39-21-7-22-40-59,60-41-23-8-24-42-60)74-66-48-46-62(52-64(66)70-68(74)44-26-50-72-70)76(56-33-15-4-16-34-56,57-35-17-5-18-36-57)58-37-19-6-20-38-58/h1-52H. The largest absolute Gasteiger partial charge is 0.341 e. The normalized spacial score (nSPS) is 12.2. The van der Waals surface area contributed by atoms with E-state index in [2.05, 4.69) is 312 Å². The minimum Gasteiger partial charge on any atom is -0.341 e. The maximum Gasteiger partial charge on any atom is 0.340 e. The molecule has 0 aliphatic heterocycles. The van der Waals surface area contributed by atoms with Crippen molar-refractivity contribution in [3.8, 4) is 0 Å². The van der Waals surface area contributed by atoms with Gasteiger partial charge in [0.2, 0.25) is 0 Å². The van der Waals surface area contributed by atoms with Gasteiger partial charge in [0.1, 0.15) is 0 Å². The molecule has 364 valence electrons. The van der Waals surface area contributed by atoms with Crippen LogP contribution in [-0.4, -0.2) is 43.0 Å². The van der Waals surface area contributed by atoms with Gasteiger partial charge in [-0.05, 0) is 88.3 Å². The summed E-state index contributed by atoms with van der Waals surface area (Å²) in [5.41, 5.74) is 6.41. The summed E-state index contributed by atoms with van der Waals surface area (Å²) >= 11 is 0. The van der Waals surface area contributed by atoms with Gasteiger partial charge >= 0.3 is 8.40 Å². The highest BCUT2D eigenvalue weighted by Gasteiger charge is 2.49. The number of rotatable bonds is 12. The third-order valence-corrected chi connectivity index (χ3v) is 30.2. The maximum absolute atomic E-state index is 5.40. The smallest absolute Gasteiger partial charge is 0.340 e. The first-order valence-electron chi connectivity index (χ1n) is 26.5. The molecule has 0 aliphatic rings. The lowest BCUT2D eigenvalue weighted by Crippen LogP contribution is -2.74.